The third kappa shape index (κ3) is 18.0. The number of rotatable bonds is 32. The molecule has 0 amide bonds. The Bertz CT molecular complexity index is 1210. The molecule has 0 atom stereocenters. The molecule has 3 aromatic carbocycles. The monoisotopic (exact) mass is 695 g/mol. The summed E-state index contributed by atoms with van der Waals surface area (Å²) in [5.74, 6) is 0. The first-order valence-corrected chi connectivity index (χ1v) is 21.8. The second-order valence-electron chi connectivity index (χ2n) is 15.3. The SMILES string of the molecule is CCCCCCCCCCCCCCC[N+](CCCCCCCCCCCCCCC)(c1ccccc1)c1ccccc1N=Nc1ccccc1. The van der Waals surface area contributed by atoms with E-state index in [0.717, 1.165) is 28.9 Å². The van der Waals surface area contributed by atoms with Crippen LogP contribution in [0.1, 0.15) is 181 Å². The Morgan fingerprint density at radius 3 is 1.14 bits per heavy atom. The van der Waals surface area contributed by atoms with E-state index in [1.54, 1.807) is 0 Å². The minimum absolute atomic E-state index is 0.862. The van der Waals surface area contributed by atoms with Crippen molar-refractivity contribution in [2.75, 3.05) is 13.1 Å². The van der Waals surface area contributed by atoms with Gasteiger partial charge < -0.3 is 0 Å². The molecule has 0 aromatic heterocycles. The Morgan fingerprint density at radius 1 is 0.353 bits per heavy atom. The summed E-state index contributed by atoms with van der Waals surface area (Å²) in [5.41, 5.74) is 4.58. The molecule has 0 fully saturated rings. The zero-order chi connectivity index (χ0) is 35.9. The van der Waals surface area contributed by atoms with Gasteiger partial charge in [-0.05, 0) is 56.0 Å². The summed E-state index contributed by atoms with van der Waals surface area (Å²) < 4.78 is 0.862. The van der Waals surface area contributed by atoms with Crippen molar-refractivity contribution in [3.8, 4) is 0 Å². The van der Waals surface area contributed by atoms with Crippen LogP contribution in [0.25, 0.3) is 0 Å². The van der Waals surface area contributed by atoms with Crippen LogP contribution in [0.2, 0.25) is 0 Å². The van der Waals surface area contributed by atoms with Gasteiger partial charge >= 0.3 is 0 Å². The number of nitrogens with zero attached hydrogens (tertiary/aromatic N) is 3. The van der Waals surface area contributed by atoms with Gasteiger partial charge in [0, 0.05) is 6.07 Å². The largest absolute Gasteiger partial charge is 0.257 e. The molecule has 0 aliphatic rings. The number of unbranched alkanes of at least 4 members (excludes halogenated alkanes) is 24. The molecule has 0 aliphatic carbocycles. The highest BCUT2D eigenvalue weighted by atomic mass is 15.4. The second-order valence-corrected chi connectivity index (χ2v) is 15.3. The number of benzene rings is 3. The first-order valence-electron chi connectivity index (χ1n) is 21.8. The Morgan fingerprint density at radius 2 is 0.706 bits per heavy atom. The van der Waals surface area contributed by atoms with Gasteiger partial charge in [0.1, 0.15) is 11.4 Å². The molecule has 51 heavy (non-hydrogen) atoms. The van der Waals surface area contributed by atoms with Crippen molar-refractivity contribution in [2.45, 2.75) is 181 Å². The maximum atomic E-state index is 4.90. The number of hydrogen-bond donors (Lipinski definition) is 0. The predicted molar refractivity (Wildman–Crippen MR) is 226 cm³/mol. The van der Waals surface area contributed by atoms with Crippen molar-refractivity contribution in [3.63, 3.8) is 0 Å². The van der Waals surface area contributed by atoms with Crippen LogP contribution in [0.3, 0.4) is 0 Å². The maximum absolute atomic E-state index is 4.90. The summed E-state index contributed by atoms with van der Waals surface area (Å²) >= 11 is 0. The third-order valence-electron chi connectivity index (χ3n) is 10.9. The number of hydrogen-bond acceptors (Lipinski definition) is 2. The number of azo groups is 1. The standard InChI is InChI=1S/C48H76N3/c1-3-5-7-9-11-13-15-17-19-21-23-25-35-43-51(46-39-31-28-32-40-46,44-36-26-24-22-20-18-16-14-12-10-8-6-4-2)48-42-34-33-41-47(48)50-49-45-37-29-27-30-38-45/h27-34,37-42H,3-26,35-36,43-44H2,1-2H3/q+1. The number of quaternary nitrogens is 1. The normalized spacial score (nSPS) is 11.9. The number of para-hydroxylation sites is 2. The molecular formula is C48H76N3+. The first-order chi connectivity index (χ1) is 25.3. The van der Waals surface area contributed by atoms with Crippen LogP contribution in [0.5, 0.6) is 0 Å². The third-order valence-corrected chi connectivity index (χ3v) is 10.9. The van der Waals surface area contributed by atoms with E-state index in [-0.39, 0.29) is 0 Å². The maximum Gasteiger partial charge on any atom is 0.165 e. The van der Waals surface area contributed by atoms with Crippen LogP contribution in [0, 0.1) is 0 Å². The molecular weight excluding hydrogens is 619 g/mol. The van der Waals surface area contributed by atoms with Crippen molar-refractivity contribution in [1.82, 2.24) is 4.48 Å². The van der Waals surface area contributed by atoms with Crippen LogP contribution in [-0.4, -0.2) is 13.1 Å². The fraction of sp³-hybridized carbons (Fsp3) is 0.625. The van der Waals surface area contributed by atoms with Crippen molar-refractivity contribution in [2.24, 2.45) is 10.2 Å². The van der Waals surface area contributed by atoms with Gasteiger partial charge in [-0.1, -0.05) is 204 Å². The molecule has 3 heteroatoms. The molecule has 0 unspecified atom stereocenters. The Balaban J connectivity index is 1.60. The molecule has 0 saturated heterocycles. The van der Waals surface area contributed by atoms with Crippen molar-refractivity contribution in [1.29, 1.82) is 0 Å². The van der Waals surface area contributed by atoms with E-state index in [9.17, 15) is 0 Å². The molecule has 3 aromatic rings. The summed E-state index contributed by atoms with van der Waals surface area (Å²) in [7, 11) is 0. The lowest BCUT2D eigenvalue weighted by Gasteiger charge is -2.38. The summed E-state index contributed by atoms with van der Waals surface area (Å²) in [6, 6.07) is 30.3. The summed E-state index contributed by atoms with van der Waals surface area (Å²) in [6.07, 6.45) is 36.0. The van der Waals surface area contributed by atoms with Gasteiger partial charge in [-0.15, -0.1) is 5.11 Å². The van der Waals surface area contributed by atoms with E-state index in [2.05, 4.69) is 68.4 Å². The van der Waals surface area contributed by atoms with Crippen LogP contribution < -0.4 is 4.48 Å². The summed E-state index contributed by atoms with van der Waals surface area (Å²) in [4.78, 5) is 0. The molecule has 282 valence electrons. The topological polar surface area (TPSA) is 24.7 Å². The zero-order valence-corrected chi connectivity index (χ0v) is 33.2. The highest BCUT2D eigenvalue weighted by Gasteiger charge is 2.35. The first kappa shape index (κ1) is 42.6. The van der Waals surface area contributed by atoms with E-state index in [1.165, 1.54) is 178 Å². The van der Waals surface area contributed by atoms with Gasteiger partial charge in [-0.3, -0.25) is 4.48 Å². The highest BCUT2D eigenvalue weighted by molar-refractivity contribution is 5.70. The molecule has 0 heterocycles. The van der Waals surface area contributed by atoms with E-state index < -0.39 is 0 Å². The van der Waals surface area contributed by atoms with Crippen molar-refractivity contribution in [3.05, 3.63) is 84.9 Å². The average molecular weight is 695 g/mol. The molecule has 3 nitrogen and oxygen atoms in total. The van der Waals surface area contributed by atoms with E-state index in [0.29, 0.717) is 0 Å². The van der Waals surface area contributed by atoms with E-state index >= 15 is 0 Å². The van der Waals surface area contributed by atoms with Crippen molar-refractivity contribution < 1.29 is 0 Å². The predicted octanol–water partition coefficient (Wildman–Crippen LogP) is 16.9. The summed E-state index contributed by atoms with van der Waals surface area (Å²) in [6.45, 7) is 6.83. The lowest BCUT2D eigenvalue weighted by atomic mass is 10.0. The molecule has 3 rings (SSSR count). The molecule has 0 bridgehead atoms. The van der Waals surface area contributed by atoms with Gasteiger partial charge in [0.05, 0.1) is 18.8 Å². The lowest BCUT2D eigenvalue weighted by molar-refractivity contribution is 0.354. The van der Waals surface area contributed by atoms with Gasteiger partial charge in [0.25, 0.3) is 0 Å². The minimum Gasteiger partial charge on any atom is -0.257 e. The fourth-order valence-corrected chi connectivity index (χ4v) is 7.78. The van der Waals surface area contributed by atoms with Crippen LogP contribution >= 0.6 is 0 Å². The average Bonchev–Trinajstić information content (AvgIpc) is 3.18. The second kappa shape index (κ2) is 28.8. The van der Waals surface area contributed by atoms with Crippen LogP contribution in [0.4, 0.5) is 22.7 Å². The van der Waals surface area contributed by atoms with Gasteiger partial charge in [0.2, 0.25) is 0 Å². The van der Waals surface area contributed by atoms with Gasteiger partial charge in [-0.25, -0.2) is 0 Å². The Labute approximate surface area is 315 Å². The molecule has 0 radical (unpaired) electrons. The molecule has 0 N–H and O–H groups in total. The molecule has 0 aliphatic heterocycles. The fourth-order valence-electron chi connectivity index (χ4n) is 7.78. The highest BCUT2D eigenvalue weighted by Crippen LogP contribution is 2.42. The van der Waals surface area contributed by atoms with Crippen LogP contribution in [0.15, 0.2) is 95.2 Å². The minimum atomic E-state index is 0.862. The van der Waals surface area contributed by atoms with E-state index in [4.69, 9.17) is 10.2 Å². The molecule has 0 saturated carbocycles. The van der Waals surface area contributed by atoms with Crippen molar-refractivity contribution >= 4 is 22.7 Å². The smallest absolute Gasteiger partial charge is 0.165 e. The van der Waals surface area contributed by atoms with Crippen LogP contribution in [-0.2, 0) is 0 Å². The van der Waals surface area contributed by atoms with Gasteiger partial charge in [-0.2, -0.15) is 5.11 Å². The molecule has 0 spiro atoms. The summed E-state index contributed by atoms with van der Waals surface area (Å²) in [5, 5.41) is 9.60. The van der Waals surface area contributed by atoms with E-state index in [1.807, 2.05) is 30.3 Å². The lowest BCUT2D eigenvalue weighted by Crippen LogP contribution is -2.46. The quantitative estimate of drug-likeness (QED) is 0.0353. The zero-order valence-electron chi connectivity index (χ0n) is 33.2. The van der Waals surface area contributed by atoms with Gasteiger partial charge in [0.15, 0.2) is 5.69 Å². The Hall–Kier alpha value is -2.78. The Kier molecular flexibility index (Phi) is 24.0.